The fourth-order valence-electron chi connectivity index (χ4n) is 2.30. The maximum atomic E-state index is 5.09. The first-order valence-corrected chi connectivity index (χ1v) is 8.77. The lowest BCUT2D eigenvalue weighted by atomic mass is 9.95. The standard InChI is InChI=1S/C16H21BrN2OS/c1-20-7-6-18-10-13(9-15-11-19-12-21-15)8-14-4-2-3-5-16(14)17/h2-5,11-13,18H,6-10H2,1H3. The van der Waals surface area contributed by atoms with E-state index in [4.69, 9.17) is 4.74 Å². The van der Waals surface area contributed by atoms with E-state index in [2.05, 4.69) is 50.5 Å². The van der Waals surface area contributed by atoms with Gasteiger partial charge in [0.25, 0.3) is 0 Å². The Morgan fingerprint density at radius 1 is 1.33 bits per heavy atom. The fourth-order valence-corrected chi connectivity index (χ4v) is 3.46. The van der Waals surface area contributed by atoms with Gasteiger partial charge in [-0.05, 0) is 36.9 Å². The molecule has 1 unspecified atom stereocenters. The Balaban J connectivity index is 1.95. The lowest BCUT2D eigenvalue weighted by molar-refractivity contribution is 0.197. The van der Waals surface area contributed by atoms with Gasteiger partial charge in [-0.2, -0.15) is 0 Å². The van der Waals surface area contributed by atoms with Crippen molar-refractivity contribution in [2.45, 2.75) is 12.8 Å². The molecule has 0 amide bonds. The summed E-state index contributed by atoms with van der Waals surface area (Å²) < 4.78 is 6.28. The van der Waals surface area contributed by atoms with Crippen LogP contribution in [0.1, 0.15) is 10.4 Å². The molecule has 0 radical (unpaired) electrons. The number of thiazole rings is 1. The third-order valence-electron chi connectivity index (χ3n) is 3.36. The van der Waals surface area contributed by atoms with Crippen LogP contribution in [0.25, 0.3) is 0 Å². The van der Waals surface area contributed by atoms with Crippen LogP contribution in [-0.2, 0) is 17.6 Å². The normalized spacial score (nSPS) is 12.5. The minimum atomic E-state index is 0.556. The lowest BCUT2D eigenvalue weighted by Crippen LogP contribution is -2.28. The number of hydrogen-bond acceptors (Lipinski definition) is 4. The molecule has 1 atom stereocenters. The first kappa shape index (κ1) is 16.6. The van der Waals surface area contributed by atoms with Crippen LogP contribution in [0, 0.1) is 5.92 Å². The van der Waals surface area contributed by atoms with Crippen molar-refractivity contribution in [3.63, 3.8) is 0 Å². The van der Waals surface area contributed by atoms with Gasteiger partial charge in [-0.1, -0.05) is 34.1 Å². The summed E-state index contributed by atoms with van der Waals surface area (Å²) in [7, 11) is 1.73. The average Bonchev–Trinajstić information content (AvgIpc) is 2.99. The lowest BCUT2D eigenvalue weighted by Gasteiger charge is -2.18. The van der Waals surface area contributed by atoms with Crippen molar-refractivity contribution in [3.8, 4) is 0 Å². The molecule has 0 fully saturated rings. The van der Waals surface area contributed by atoms with Crippen molar-refractivity contribution in [3.05, 3.63) is 50.9 Å². The molecule has 21 heavy (non-hydrogen) atoms. The van der Waals surface area contributed by atoms with E-state index in [0.717, 1.165) is 32.5 Å². The third kappa shape index (κ3) is 5.87. The van der Waals surface area contributed by atoms with Gasteiger partial charge in [0.2, 0.25) is 0 Å². The molecular weight excluding hydrogens is 348 g/mol. The van der Waals surface area contributed by atoms with Crippen LogP contribution < -0.4 is 5.32 Å². The highest BCUT2D eigenvalue weighted by Crippen LogP contribution is 2.22. The minimum absolute atomic E-state index is 0.556. The van der Waals surface area contributed by atoms with Crippen molar-refractivity contribution in [1.29, 1.82) is 0 Å². The second-order valence-electron chi connectivity index (χ2n) is 5.03. The van der Waals surface area contributed by atoms with Crippen LogP contribution in [0.15, 0.2) is 40.4 Å². The largest absolute Gasteiger partial charge is 0.383 e. The van der Waals surface area contributed by atoms with E-state index < -0.39 is 0 Å². The number of halogens is 1. The maximum Gasteiger partial charge on any atom is 0.0794 e. The van der Waals surface area contributed by atoms with Crippen molar-refractivity contribution < 1.29 is 4.74 Å². The Labute approximate surface area is 138 Å². The van der Waals surface area contributed by atoms with E-state index in [1.165, 1.54) is 14.9 Å². The second kappa shape index (κ2) is 9.30. The fraction of sp³-hybridized carbons (Fsp3) is 0.438. The molecule has 1 heterocycles. The first-order valence-electron chi connectivity index (χ1n) is 7.10. The van der Waals surface area contributed by atoms with E-state index in [-0.39, 0.29) is 0 Å². The summed E-state index contributed by atoms with van der Waals surface area (Å²) in [6.45, 7) is 2.64. The Kier molecular flexibility index (Phi) is 7.36. The van der Waals surface area contributed by atoms with Gasteiger partial charge < -0.3 is 10.1 Å². The number of benzene rings is 1. The van der Waals surface area contributed by atoms with Gasteiger partial charge in [0, 0.05) is 29.2 Å². The third-order valence-corrected chi connectivity index (χ3v) is 4.93. The van der Waals surface area contributed by atoms with Gasteiger partial charge in [-0.3, -0.25) is 4.98 Å². The quantitative estimate of drug-likeness (QED) is 0.687. The molecule has 0 saturated heterocycles. The van der Waals surface area contributed by atoms with E-state index in [9.17, 15) is 0 Å². The van der Waals surface area contributed by atoms with E-state index in [1.807, 2.05) is 11.7 Å². The predicted molar refractivity (Wildman–Crippen MR) is 91.9 cm³/mol. The monoisotopic (exact) mass is 368 g/mol. The summed E-state index contributed by atoms with van der Waals surface area (Å²) in [4.78, 5) is 5.53. The summed E-state index contributed by atoms with van der Waals surface area (Å²) in [6.07, 6.45) is 4.10. The predicted octanol–water partition coefficient (Wildman–Crippen LogP) is 3.54. The highest BCUT2D eigenvalue weighted by Gasteiger charge is 2.13. The molecule has 0 spiro atoms. The number of nitrogens with zero attached hydrogens (tertiary/aromatic N) is 1. The zero-order valence-corrected chi connectivity index (χ0v) is 14.6. The average molecular weight is 369 g/mol. The van der Waals surface area contributed by atoms with Gasteiger partial charge in [0.15, 0.2) is 0 Å². The first-order chi connectivity index (χ1) is 10.3. The Hall–Kier alpha value is -0.750. The van der Waals surface area contributed by atoms with Gasteiger partial charge in [-0.15, -0.1) is 11.3 Å². The van der Waals surface area contributed by atoms with Crippen molar-refractivity contribution in [2.75, 3.05) is 26.8 Å². The van der Waals surface area contributed by atoms with Crippen LogP contribution >= 0.6 is 27.3 Å². The SMILES string of the molecule is COCCNCC(Cc1cncs1)Cc1ccccc1Br. The molecule has 2 aromatic rings. The van der Waals surface area contributed by atoms with Crippen LogP contribution in [0.4, 0.5) is 0 Å². The number of ether oxygens (including phenoxy) is 1. The van der Waals surface area contributed by atoms with Gasteiger partial charge in [-0.25, -0.2) is 0 Å². The highest BCUT2D eigenvalue weighted by molar-refractivity contribution is 9.10. The summed E-state index contributed by atoms with van der Waals surface area (Å²) in [5.74, 6) is 0.556. The minimum Gasteiger partial charge on any atom is -0.383 e. The summed E-state index contributed by atoms with van der Waals surface area (Å²) in [6, 6.07) is 8.46. The molecule has 1 aromatic heterocycles. The Bertz CT molecular complexity index is 519. The van der Waals surface area contributed by atoms with E-state index in [0.29, 0.717) is 5.92 Å². The van der Waals surface area contributed by atoms with Gasteiger partial charge >= 0.3 is 0 Å². The second-order valence-corrected chi connectivity index (χ2v) is 6.86. The molecule has 0 bridgehead atoms. The summed E-state index contributed by atoms with van der Waals surface area (Å²) >= 11 is 5.38. The molecule has 0 aliphatic rings. The summed E-state index contributed by atoms with van der Waals surface area (Å²) in [5, 5.41) is 3.48. The smallest absolute Gasteiger partial charge is 0.0794 e. The molecule has 1 N–H and O–H groups in total. The van der Waals surface area contributed by atoms with E-state index in [1.54, 1.807) is 18.4 Å². The maximum absolute atomic E-state index is 5.09. The van der Waals surface area contributed by atoms with E-state index >= 15 is 0 Å². The zero-order chi connectivity index (χ0) is 14.9. The number of nitrogens with one attached hydrogen (secondary N) is 1. The van der Waals surface area contributed by atoms with Crippen molar-refractivity contribution >= 4 is 27.3 Å². The van der Waals surface area contributed by atoms with Gasteiger partial charge in [0.05, 0.1) is 12.1 Å². The molecule has 0 saturated carbocycles. The topological polar surface area (TPSA) is 34.1 Å². The number of hydrogen-bond donors (Lipinski definition) is 1. The summed E-state index contributed by atoms with van der Waals surface area (Å²) in [5.41, 5.74) is 3.27. The number of aromatic nitrogens is 1. The van der Waals surface area contributed by atoms with Crippen LogP contribution in [0.3, 0.4) is 0 Å². The molecule has 3 nitrogen and oxygen atoms in total. The Morgan fingerprint density at radius 2 is 2.19 bits per heavy atom. The molecule has 1 aromatic carbocycles. The molecule has 5 heteroatoms. The van der Waals surface area contributed by atoms with Crippen LogP contribution in [-0.4, -0.2) is 31.8 Å². The van der Waals surface area contributed by atoms with Gasteiger partial charge in [0.1, 0.15) is 0 Å². The van der Waals surface area contributed by atoms with Crippen molar-refractivity contribution in [1.82, 2.24) is 10.3 Å². The molecule has 2 rings (SSSR count). The zero-order valence-electron chi connectivity index (χ0n) is 12.2. The molecule has 0 aliphatic carbocycles. The van der Waals surface area contributed by atoms with Crippen molar-refractivity contribution in [2.24, 2.45) is 5.92 Å². The molecule has 114 valence electrons. The number of methoxy groups -OCH3 is 1. The number of rotatable bonds is 9. The molecular formula is C16H21BrN2OS. The van der Waals surface area contributed by atoms with Crippen LogP contribution in [0.2, 0.25) is 0 Å². The highest BCUT2D eigenvalue weighted by atomic mass is 79.9. The Morgan fingerprint density at radius 3 is 2.90 bits per heavy atom. The van der Waals surface area contributed by atoms with Crippen LogP contribution in [0.5, 0.6) is 0 Å². The molecule has 0 aliphatic heterocycles.